The Morgan fingerprint density at radius 3 is 0.900 bits per heavy atom. The zero-order chi connectivity index (χ0) is 21.3. The van der Waals surface area contributed by atoms with Gasteiger partial charge in [-0.2, -0.15) is 0 Å². The third-order valence-electron chi connectivity index (χ3n) is 4.38. The molecule has 0 aliphatic carbocycles. The lowest BCUT2D eigenvalue weighted by atomic mass is 10.1. The summed E-state index contributed by atoms with van der Waals surface area (Å²) in [7, 11) is 0. The van der Waals surface area contributed by atoms with Crippen molar-refractivity contribution in [3.63, 3.8) is 0 Å². The Morgan fingerprint density at radius 1 is 0.433 bits per heavy atom. The molecule has 0 amide bonds. The summed E-state index contributed by atoms with van der Waals surface area (Å²) in [6.45, 7) is 8.13. The van der Waals surface area contributed by atoms with E-state index in [4.69, 9.17) is 9.47 Å². The Bertz CT molecular complexity index is 878. The van der Waals surface area contributed by atoms with E-state index in [1.54, 1.807) is 0 Å². The lowest BCUT2D eigenvalue weighted by Crippen LogP contribution is -2.05. The molecule has 0 N–H and O–H groups in total. The first-order chi connectivity index (χ1) is 14.5. The molecule has 0 radical (unpaired) electrons. The zero-order valence-corrected chi connectivity index (χ0v) is 18.2. The van der Waals surface area contributed by atoms with E-state index in [1.807, 2.05) is 52.0 Å². The minimum atomic E-state index is 0.192. The first-order valence-corrected chi connectivity index (χ1v) is 10.5. The monoisotopic (exact) mass is 398 g/mol. The fourth-order valence-electron chi connectivity index (χ4n) is 2.96. The maximum absolute atomic E-state index is 5.68. The highest BCUT2D eigenvalue weighted by atomic mass is 16.5. The molecule has 0 saturated heterocycles. The van der Waals surface area contributed by atoms with Gasteiger partial charge in [-0.05, 0) is 74.2 Å². The van der Waals surface area contributed by atoms with Gasteiger partial charge in [0.2, 0.25) is 0 Å². The molecule has 0 atom stereocenters. The Labute approximate surface area is 180 Å². The number of hydrogen-bond donors (Lipinski definition) is 0. The summed E-state index contributed by atoms with van der Waals surface area (Å²) in [4.78, 5) is 0. The average molecular weight is 399 g/mol. The molecule has 0 aliphatic rings. The van der Waals surface area contributed by atoms with Crippen LogP contribution in [0.2, 0.25) is 0 Å². The molecule has 3 aromatic rings. The van der Waals surface area contributed by atoms with Crippen molar-refractivity contribution in [2.45, 2.75) is 39.9 Å². The van der Waals surface area contributed by atoms with E-state index < -0.39 is 0 Å². The fraction of sp³-hybridized carbons (Fsp3) is 0.214. The number of benzene rings is 3. The van der Waals surface area contributed by atoms with Crippen LogP contribution in [0.3, 0.4) is 0 Å². The Morgan fingerprint density at radius 2 is 0.667 bits per heavy atom. The van der Waals surface area contributed by atoms with E-state index in [-0.39, 0.29) is 12.2 Å². The maximum atomic E-state index is 5.68. The van der Waals surface area contributed by atoms with E-state index in [1.165, 1.54) is 11.1 Å². The van der Waals surface area contributed by atoms with Crippen LogP contribution in [0.25, 0.3) is 24.3 Å². The number of rotatable bonds is 8. The second kappa shape index (κ2) is 10.5. The summed E-state index contributed by atoms with van der Waals surface area (Å²) in [5.41, 5.74) is 4.65. The third-order valence-corrected chi connectivity index (χ3v) is 4.38. The van der Waals surface area contributed by atoms with Crippen molar-refractivity contribution in [1.82, 2.24) is 0 Å². The molecule has 3 aromatic carbocycles. The minimum absolute atomic E-state index is 0.192. The molecule has 30 heavy (non-hydrogen) atoms. The van der Waals surface area contributed by atoms with Crippen molar-refractivity contribution in [3.05, 3.63) is 95.1 Å². The molecule has 0 bridgehead atoms. The summed E-state index contributed by atoms with van der Waals surface area (Å²) < 4.78 is 11.4. The highest BCUT2D eigenvalue weighted by Gasteiger charge is 1.98. The van der Waals surface area contributed by atoms with Crippen molar-refractivity contribution in [1.29, 1.82) is 0 Å². The fourth-order valence-corrected chi connectivity index (χ4v) is 2.96. The summed E-state index contributed by atoms with van der Waals surface area (Å²) in [6.07, 6.45) is 8.86. The Hall–Kier alpha value is -3.26. The smallest absolute Gasteiger partial charge is 0.119 e. The van der Waals surface area contributed by atoms with Crippen LogP contribution in [-0.2, 0) is 0 Å². The third kappa shape index (κ3) is 6.97. The van der Waals surface area contributed by atoms with Crippen molar-refractivity contribution >= 4 is 24.3 Å². The number of hydrogen-bond acceptors (Lipinski definition) is 2. The predicted octanol–water partition coefficient (Wildman–Crippen LogP) is 7.60. The number of ether oxygens (including phenoxy) is 2. The van der Waals surface area contributed by atoms with Gasteiger partial charge in [-0.25, -0.2) is 0 Å². The molecule has 0 heterocycles. The van der Waals surface area contributed by atoms with E-state index in [2.05, 4.69) is 72.8 Å². The van der Waals surface area contributed by atoms with Gasteiger partial charge in [0, 0.05) is 0 Å². The molecule has 2 heteroatoms. The van der Waals surface area contributed by atoms with E-state index in [0.29, 0.717) is 0 Å². The van der Waals surface area contributed by atoms with Gasteiger partial charge in [-0.3, -0.25) is 0 Å². The largest absolute Gasteiger partial charge is 0.491 e. The van der Waals surface area contributed by atoms with E-state index in [0.717, 1.165) is 22.6 Å². The summed E-state index contributed by atoms with van der Waals surface area (Å²) in [5.74, 6) is 1.81. The van der Waals surface area contributed by atoms with Crippen LogP contribution in [0.1, 0.15) is 49.9 Å². The van der Waals surface area contributed by atoms with Gasteiger partial charge in [-0.1, -0.05) is 72.8 Å². The van der Waals surface area contributed by atoms with Crippen LogP contribution in [0.4, 0.5) is 0 Å². The summed E-state index contributed by atoms with van der Waals surface area (Å²) in [5, 5.41) is 0. The van der Waals surface area contributed by atoms with Gasteiger partial charge in [-0.15, -0.1) is 0 Å². The highest BCUT2D eigenvalue weighted by molar-refractivity contribution is 5.73. The van der Waals surface area contributed by atoms with Gasteiger partial charge in [0.25, 0.3) is 0 Å². The first kappa shape index (κ1) is 21.4. The molecule has 0 aliphatic heterocycles. The maximum Gasteiger partial charge on any atom is 0.119 e. The quantitative estimate of drug-likeness (QED) is 0.364. The molecule has 0 fully saturated rings. The van der Waals surface area contributed by atoms with Crippen LogP contribution in [0.15, 0.2) is 72.8 Å². The van der Waals surface area contributed by atoms with Crippen molar-refractivity contribution in [3.8, 4) is 11.5 Å². The molecule has 0 spiro atoms. The van der Waals surface area contributed by atoms with E-state index in [9.17, 15) is 0 Å². The van der Waals surface area contributed by atoms with Gasteiger partial charge in [0.15, 0.2) is 0 Å². The summed E-state index contributed by atoms with van der Waals surface area (Å²) >= 11 is 0. The van der Waals surface area contributed by atoms with E-state index >= 15 is 0 Å². The predicted molar refractivity (Wildman–Crippen MR) is 129 cm³/mol. The van der Waals surface area contributed by atoms with Crippen LogP contribution in [0, 0.1) is 0 Å². The lowest BCUT2D eigenvalue weighted by Gasteiger charge is -2.09. The van der Waals surface area contributed by atoms with Gasteiger partial charge in [0.1, 0.15) is 11.5 Å². The first-order valence-electron chi connectivity index (χ1n) is 10.5. The molecule has 0 unspecified atom stereocenters. The molecule has 154 valence electrons. The molecule has 0 aromatic heterocycles. The Balaban J connectivity index is 1.58. The van der Waals surface area contributed by atoms with Crippen molar-refractivity contribution in [2.24, 2.45) is 0 Å². The standard InChI is InChI=1S/C28H30O2/c1-21(2)29-27-17-13-25(14-18-27)11-9-23-5-7-24(8-6-23)10-12-26-15-19-28(20-16-26)30-22(3)4/h5-22H,1-4H3/b11-9+,12-10+. The van der Waals surface area contributed by atoms with Gasteiger partial charge >= 0.3 is 0 Å². The van der Waals surface area contributed by atoms with Crippen LogP contribution in [-0.4, -0.2) is 12.2 Å². The van der Waals surface area contributed by atoms with Crippen molar-refractivity contribution in [2.75, 3.05) is 0 Å². The van der Waals surface area contributed by atoms with Gasteiger partial charge < -0.3 is 9.47 Å². The second-order valence-corrected chi connectivity index (χ2v) is 7.80. The molecule has 3 rings (SSSR count). The van der Waals surface area contributed by atoms with Crippen LogP contribution >= 0.6 is 0 Å². The second-order valence-electron chi connectivity index (χ2n) is 7.80. The molecular formula is C28H30O2. The molecular weight excluding hydrogens is 368 g/mol. The Kier molecular flexibility index (Phi) is 7.51. The molecule has 0 saturated carbocycles. The average Bonchev–Trinajstić information content (AvgIpc) is 2.73. The highest BCUT2D eigenvalue weighted by Crippen LogP contribution is 2.18. The van der Waals surface area contributed by atoms with Crippen LogP contribution in [0.5, 0.6) is 11.5 Å². The normalized spacial score (nSPS) is 11.7. The summed E-state index contributed by atoms with van der Waals surface area (Å²) in [6, 6.07) is 24.8. The zero-order valence-electron chi connectivity index (χ0n) is 18.2. The minimum Gasteiger partial charge on any atom is -0.491 e. The van der Waals surface area contributed by atoms with Crippen LogP contribution < -0.4 is 9.47 Å². The topological polar surface area (TPSA) is 18.5 Å². The lowest BCUT2D eigenvalue weighted by molar-refractivity contribution is 0.242. The molecule has 2 nitrogen and oxygen atoms in total. The SMILES string of the molecule is CC(C)Oc1ccc(/C=C/c2ccc(/C=C/c3ccc(OC(C)C)cc3)cc2)cc1. The van der Waals surface area contributed by atoms with Gasteiger partial charge in [0.05, 0.1) is 12.2 Å². The van der Waals surface area contributed by atoms with Crippen molar-refractivity contribution < 1.29 is 9.47 Å².